The molecule has 4 N–H and O–H groups in total. The van der Waals surface area contributed by atoms with Crippen LogP contribution in [0.2, 0.25) is 0 Å². The number of aromatic nitrogens is 2. The number of halogens is 2. The Morgan fingerprint density at radius 3 is 2.71 bits per heavy atom. The Labute approximate surface area is 135 Å². The van der Waals surface area contributed by atoms with Gasteiger partial charge in [-0.3, -0.25) is 5.01 Å². The summed E-state index contributed by atoms with van der Waals surface area (Å²) in [5.41, 5.74) is 6.44. The molecule has 1 aliphatic heterocycles. The predicted octanol–water partition coefficient (Wildman–Crippen LogP) is 1.36. The number of alkyl halides is 2. The number of hydrogen-bond donors (Lipinski definition) is 2. The molecule has 24 heavy (non-hydrogen) atoms. The molecule has 10 heteroatoms. The van der Waals surface area contributed by atoms with Crippen molar-refractivity contribution in [3.8, 4) is 17.5 Å². The second kappa shape index (κ2) is 6.16. The van der Waals surface area contributed by atoms with Crippen LogP contribution < -0.4 is 30.8 Å². The molecule has 1 aliphatic rings. The summed E-state index contributed by atoms with van der Waals surface area (Å²) in [4.78, 5) is 7.76. The molecule has 2 aromatic rings. The van der Waals surface area contributed by atoms with Gasteiger partial charge in [-0.25, -0.2) is 15.8 Å². The molecule has 8 nitrogen and oxygen atoms in total. The Balaban J connectivity index is 1.65. The molecule has 0 fully saturated rings. The van der Waals surface area contributed by atoms with E-state index >= 15 is 0 Å². The van der Waals surface area contributed by atoms with Gasteiger partial charge in [-0.05, 0) is 18.2 Å². The minimum atomic E-state index is -3.68. The van der Waals surface area contributed by atoms with Crippen molar-refractivity contribution >= 4 is 5.69 Å². The van der Waals surface area contributed by atoms with E-state index in [-0.39, 0.29) is 29.8 Å². The molecule has 126 valence electrons. The third kappa shape index (κ3) is 3.60. The van der Waals surface area contributed by atoms with Gasteiger partial charge in [-0.2, -0.15) is 0 Å². The Hall–Kier alpha value is -3.14. The molecular formula is C14H13F2N5O3. The summed E-state index contributed by atoms with van der Waals surface area (Å²) in [6.07, 6.45) is 0.747. The number of nitrogens with two attached hydrogens (primary N) is 2. The van der Waals surface area contributed by atoms with Crippen LogP contribution in [-0.4, -0.2) is 22.9 Å². The summed E-state index contributed by atoms with van der Waals surface area (Å²) in [5.74, 6) is 5.65. The van der Waals surface area contributed by atoms with Gasteiger partial charge in [0, 0.05) is 24.7 Å². The summed E-state index contributed by atoms with van der Waals surface area (Å²) in [7, 11) is 0. The van der Waals surface area contributed by atoms with E-state index in [1.165, 1.54) is 36.8 Å². The van der Waals surface area contributed by atoms with Crippen molar-refractivity contribution in [2.45, 2.75) is 6.29 Å². The standard InChI is InChI=1S/C14H13F2N5O3/c15-14(16)23-11-3-2-10(6-12(11)24-14)21(18)7-9(17)8-22-13-19-4-1-5-20-13/h1-7H,8,17-18H2/b9-7-. The van der Waals surface area contributed by atoms with E-state index < -0.39 is 6.29 Å². The van der Waals surface area contributed by atoms with Gasteiger partial charge in [0.05, 0.1) is 11.4 Å². The van der Waals surface area contributed by atoms with Gasteiger partial charge in [0.25, 0.3) is 0 Å². The van der Waals surface area contributed by atoms with Crippen LogP contribution in [0.15, 0.2) is 48.6 Å². The number of fused-ring (bicyclic) bond motifs is 1. The molecule has 0 saturated carbocycles. The Morgan fingerprint density at radius 2 is 1.96 bits per heavy atom. The normalized spacial score (nSPS) is 15.2. The van der Waals surface area contributed by atoms with Gasteiger partial charge in [0.2, 0.25) is 0 Å². The fraction of sp³-hybridized carbons (Fsp3) is 0.143. The zero-order chi connectivity index (χ0) is 17.2. The van der Waals surface area contributed by atoms with E-state index in [0.717, 1.165) is 5.01 Å². The molecule has 0 saturated heterocycles. The van der Waals surface area contributed by atoms with Gasteiger partial charge < -0.3 is 19.9 Å². The fourth-order valence-corrected chi connectivity index (χ4v) is 1.90. The Bertz CT molecular complexity index is 757. The quantitative estimate of drug-likeness (QED) is 0.622. The first-order chi connectivity index (χ1) is 11.4. The maximum absolute atomic E-state index is 13.0. The smallest absolute Gasteiger partial charge is 0.457 e. The van der Waals surface area contributed by atoms with Crippen LogP contribution in [0.1, 0.15) is 0 Å². The van der Waals surface area contributed by atoms with Gasteiger partial charge in [0.1, 0.15) is 6.61 Å². The molecule has 0 radical (unpaired) electrons. The number of anilines is 1. The summed E-state index contributed by atoms with van der Waals surface area (Å²) in [5, 5.41) is 1.14. The van der Waals surface area contributed by atoms with Crippen LogP contribution in [-0.2, 0) is 0 Å². The first-order valence-electron chi connectivity index (χ1n) is 6.73. The largest absolute Gasteiger partial charge is 0.586 e. The van der Waals surface area contributed by atoms with Crippen molar-refractivity contribution in [1.82, 2.24) is 9.97 Å². The van der Waals surface area contributed by atoms with Crippen molar-refractivity contribution in [1.29, 1.82) is 0 Å². The Kier molecular flexibility index (Phi) is 4.04. The van der Waals surface area contributed by atoms with Gasteiger partial charge >= 0.3 is 12.3 Å². The van der Waals surface area contributed by atoms with Crippen LogP contribution >= 0.6 is 0 Å². The number of hydrazine groups is 1. The highest BCUT2D eigenvalue weighted by atomic mass is 19.3. The first kappa shape index (κ1) is 15.7. The average molecular weight is 337 g/mol. The third-order valence-corrected chi connectivity index (χ3v) is 2.90. The third-order valence-electron chi connectivity index (χ3n) is 2.90. The SMILES string of the molecule is N/C(=C\N(N)c1ccc2c(c1)OC(F)(F)O2)COc1ncccn1. The van der Waals surface area contributed by atoms with E-state index in [1.807, 2.05) is 0 Å². The molecule has 0 atom stereocenters. The lowest BCUT2D eigenvalue weighted by Gasteiger charge is -2.15. The minimum Gasteiger partial charge on any atom is -0.457 e. The molecule has 1 aromatic heterocycles. The number of ether oxygens (including phenoxy) is 3. The molecule has 1 aromatic carbocycles. The lowest BCUT2D eigenvalue weighted by molar-refractivity contribution is -0.286. The Morgan fingerprint density at radius 1 is 1.25 bits per heavy atom. The zero-order valence-corrected chi connectivity index (χ0v) is 12.2. The van der Waals surface area contributed by atoms with E-state index in [1.54, 1.807) is 6.07 Å². The number of hydrogen-bond acceptors (Lipinski definition) is 8. The second-order valence-corrected chi connectivity index (χ2v) is 4.73. The molecule has 0 bridgehead atoms. The predicted molar refractivity (Wildman–Crippen MR) is 79.1 cm³/mol. The first-order valence-corrected chi connectivity index (χ1v) is 6.73. The second-order valence-electron chi connectivity index (χ2n) is 4.73. The van der Waals surface area contributed by atoms with Gasteiger partial charge in [-0.15, -0.1) is 8.78 Å². The topological polar surface area (TPSA) is 109 Å². The maximum atomic E-state index is 13.0. The van der Waals surface area contributed by atoms with Crippen molar-refractivity contribution in [2.75, 3.05) is 11.6 Å². The highest BCUT2D eigenvalue weighted by Crippen LogP contribution is 2.42. The van der Waals surface area contributed by atoms with Crippen LogP contribution in [0.4, 0.5) is 14.5 Å². The summed E-state index contributed by atoms with van der Waals surface area (Å²) in [6, 6.07) is 5.93. The van der Waals surface area contributed by atoms with Crippen LogP contribution in [0, 0.1) is 0 Å². The van der Waals surface area contributed by atoms with Crippen LogP contribution in [0.3, 0.4) is 0 Å². The lowest BCUT2D eigenvalue weighted by atomic mass is 10.2. The summed E-state index contributed by atoms with van der Waals surface area (Å²) < 4.78 is 39.9. The summed E-state index contributed by atoms with van der Waals surface area (Å²) in [6.45, 7) is 0.000334. The molecule has 2 heterocycles. The van der Waals surface area contributed by atoms with E-state index in [2.05, 4.69) is 19.4 Å². The van der Waals surface area contributed by atoms with E-state index in [4.69, 9.17) is 16.3 Å². The van der Waals surface area contributed by atoms with Crippen molar-refractivity contribution in [3.05, 3.63) is 48.6 Å². The van der Waals surface area contributed by atoms with E-state index in [9.17, 15) is 8.78 Å². The van der Waals surface area contributed by atoms with Crippen LogP contribution in [0.25, 0.3) is 0 Å². The van der Waals surface area contributed by atoms with Crippen LogP contribution in [0.5, 0.6) is 17.5 Å². The molecule has 0 amide bonds. The molecule has 0 unspecified atom stereocenters. The number of rotatable bonds is 5. The number of nitrogens with zero attached hydrogens (tertiary/aromatic N) is 3. The molecule has 3 rings (SSSR count). The zero-order valence-electron chi connectivity index (χ0n) is 12.2. The highest BCUT2D eigenvalue weighted by molar-refractivity contribution is 5.58. The average Bonchev–Trinajstić information content (AvgIpc) is 2.86. The molecule has 0 spiro atoms. The number of benzene rings is 1. The monoisotopic (exact) mass is 337 g/mol. The van der Waals surface area contributed by atoms with Crippen molar-refractivity contribution in [2.24, 2.45) is 11.6 Å². The summed E-state index contributed by atoms with van der Waals surface area (Å²) >= 11 is 0. The van der Waals surface area contributed by atoms with Gasteiger partial charge in [-0.1, -0.05) is 0 Å². The van der Waals surface area contributed by atoms with Crippen molar-refractivity contribution < 1.29 is 23.0 Å². The van der Waals surface area contributed by atoms with Gasteiger partial charge in [0.15, 0.2) is 11.5 Å². The van der Waals surface area contributed by atoms with E-state index in [0.29, 0.717) is 5.69 Å². The minimum absolute atomic E-state index is 0.000334. The fourth-order valence-electron chi connectivity index (χ4n) is 1.90. The molecular weight excluding hydrogens is 324 g/mol. The maximum Gasteiger partial charge on any atom is 0.586 e. The van der Waals surface area contributed by atoms with Crippen molar-refractivity contribution in [3.63, 3.8) is 0 Å². The lowest BCUT2D eigenvalue weighted by Crippen LogP contribution is -2.27. The molecule has 0 aliphatic carbocycles. The highest BCUT2D eigenvalue weighted by Gasteiger charge is 2.43.